The van der Waals surface area contributed by atoms with Gasteiger partial charge in [-0.05, 0) is 29.8 Å². The first kappa shape index (κ1) is 21.2. The summed E-state index contributed by atoms with van der Waals surface area (Å²) in [6, 6.07) is 9.63. The second-order valence-electron chi connectivity index (χ2n) is 7.00. The van der Waals surface area contributed by atoms with Crippen LogP contribution in [0.4, 0.5) is 0 Å². The number of carbonyl (C=O) groups excluding carboxylic acids is 1. The zero-order chi connectivity index (χ0) is 21.3. The number of hydrogen-bond acceptors (Lipinski definition) is 5. The van der Waals surface area contributed by atoms with Gasteiger partial charge < -0.3 is 14.4 Å². The lowest BCUT2D eigenvalue weighted by molar-refractivity contribution is -0.131. The van der Waals surface area contributed by atoms with Gasteiger partial charge in [-0.2, -0.15) is 4.31 Å². The molecule has 1 saturated heterocycles. The monoisotopic (exact) mass is 470 g/mol. The Balaban J connectivity index is 1.40. The minimum Gasteiger partial charge on any atom is -0.486 e. The van der Waals surface area contributed by atoms with Gasteiger partial charge in [0, 0.05) is 42.3 Å². The molecule has 7 nitrogen and oxygen atoms in total. The van der Waals surface area contributed by atoms with Gasteiger partial charge in [-0.1, -0.05) is 29.3 Å². The quantitative estimate of drug-likeness (QED) is 0.686. The molecule has 10 heteroatoms. The second-order valence-corrected chi connectivity index (χ2v) is 9.78. The Kier molecular flexibility index (Phi) is 6.11. The molecule has 1 fully saturated rings. The minimum atomic E-state index is -3.69. The molecule has 2 aliphatic heterocycles. The molecule has 160 valence electrons. The van der Waals surface area contributed by atoms with E-state index in [0.717, 1.165) is 0 Å². The lowest BCUT2D eigenvalue weighted by Crippen LogP contribution is -2.50. The van der Waals surface area contributed by atoms with Crippen LogP contribution >= 0.6 is 23.2 Å². The molecule has 0 saturated carbocycles. The number of piperazine rings is 1. The minimum absolute atomic E-state index is 0.101. The van der Waals surface area contributed by atoms with E-state index in [-0.39, 0.29) is 30.3 Å². The van der Waals surface area contributed by atoms with Crippen LogP contribution in [0.25, 0.3) is 0 Å². The predicted molar refractivity (Wildman–Crippen MR) is 113 cm³/mol. The molecule has 2 aromatic rings. The van der Waals surface area contributed by atoms with Crippen molar-refractivity contribution >= 4 is 39.1 Å². The third-order valence-corrected chi connectivity index (χ3v) is 7.58. The summed E-state index contributed by atoms with van der Waals surface area (Å²) in [6.07, 6.45) is 0.144. The summed E-state index contributed by atoms with van der Waals surface area (Å²) in [5, 5.41) is 0.949. The van der Waals surface area contributed by atoms with E-state index in [0.29, 0.717) is 53.4 Å². The average Bonchev–Trinajstić information content (AvgIpc) is 2.75. The van der Waals surface area contributed by atoms with Crippen molar-refractivity contribution in [3.8, 4) is 11.5 Å². The van der Waals surface area contributed by atoms with Crippen molar-refractivity contribution in [3.63, 3.8) is 0 Å². The number of hydrogen-bond donors (Lipinski definition) is 0. The van der Waals surface area contributed by atoms with Crippen molar-refractivity contribution in [1.82, 2.24) is 9.21 Å². The van der Waals surface area contributed by atoms with Gasteiger partial charge in [0.05, 0.1) is 11.3 Å². The van der Waals surface area contributed by atoms with Crippen LogP contribution in [0.1, 0.15) is 5.56 Å². The van der Waals surface area contributed by atoms with Crippen LogP contribution in [0, 0.1) is 0 Å². The maximum atomic E-state index is 13.0. The lowest BCUT2D eigenvalue weighted by Gasteiger charge is -2.34. The van der Waals surface area contributed by atoms with Gasteiger partial charge in [0.2, 0.25) is 15.9 Å². The molecule has 2 heterocycles. The number of nitrogens with zero attached hydrogens (tertiary/aromatic N) is 2. The van der Waals surface area contributed by atoms with Crippen LogP contribution < -0.4 is 9.47 Å². The Morgan fingerprint density at radius 2 is 1.63 bits per heavy atom. The molecule has 0 atom stereocenters. The fourth-order valence-corrected chi connectivity index (χ4v) is 5.36. The Labute approximate surface area is 185 Å². The van der Waals surface area contributed by atoms with E-state index in [4.69, 9.17) is 32.7 Å². The first-order valence-electron chi connectivity index (χ1n) is 9.46. The van der Waals surface area contributed by atoms with Gasteiger partial charge in [0.1, 0.15) is 13.2 Å². The van der Waals surface area contributed by atoms with E-state index in [1.165, 1.54) is 16.4 Å². The molecule has 1 amide bonds. The van der Waals surface area contributed by atoms with Crippen LogP contribution in [0.15, 0.2) is 41.3 Å². The number of fused-ring (bicyclic) bond motifs is 1. The highest BCUT2D eigenvalue weighted by Gasteiger charge is 2.31. The van der Waals surface area contributed by atoms with Gasteiger partial charge in [-0.15, -0.1) is 0 Å². The predicted octanol–water partition coefficient (Wildman–Crippen LogP) is 2.84. The van der Waals surface area contributed by atoms with E-state index in [1.54, 1.807) is 29.2 Å². The molecule has 30 heavy (non-hydrogen) atoms. The highest BCUT2D eigenvalue weighted by molar-refractivity contribution is 7.89. The summed E-state index contributed by atoms with van der Waals surface area (Å²) in [7, 11) is -3.69. The number of sulfonamides is 1. The average molecular weight is 471 g/mol. The third kappa shape index (κ3) is 4.37. The fraction of sp³-hybridized carbons (Fsp3) is 0.350. The summed E-state index contributed by atoms with van der Waals surface area (Å²) >= 11 is 12.0. The maximum absolute atomic E-state index is 13.0. The van der Waals surface area contributed by atoms with Crippen LogP contribution in [-0.2, 0) is 21.2 Å². The number of halogens is 2. The topological polar surface area (TPSA) is 76.2 Å². The van der Waals surface area contributed by atoms with Gasteiger partial charge in [-0.25, -0.2) is 8.42 Å². The molecule has 0 bridgehead atoms. The van der Waals surface area contributed by atoms with Crippen LogP contribution in [0.5, 0.6) is 11.5 Å². The molecule has 0 aromatic heterocycles. The van der Waals surface area contributed by atoms with Crippen molar-refractivity contribution in [2.75, 3.05) is 39.4 Å². The van der Waals surface area contributed by atoms with Gasteiger partial charge in [0.25, 0.3) is 0 Å². The van der Waals surface area contributed by atoms with Crippen molar-refractivity contribution in [3.05, 3.63) is 52.0 Å². The van der Waals surface area contributed by atoms with E-state index in [9.17, 15) is 13.2 Å². The SMILES string of the molecule is O=C(Cc1ccc(Cl)cc1Cl)N1CCN(S(=O)(=O)c2ccc3c(c2)OCCO3)CC1. The molecule has 0 aliphatic carbocycles. The molecule has 0 unspecified atom stereocenters. The Bertz CT molecular complexity index is 1070. The first-order valence-corrected chi connectivity index (χ1v) is 11.7. The first-order chi connectivity index (χ1) is 14.3. The summed E-state index contributed by atoms with van der Waals surface area (Å²) in [5.74, 6) is 0.864. The van der Waals surface area contributed by atoms with Crippen molar-refractivity contribution < 1.29 is 22.7 Å². The maximum Gasteiger partial charge on any atom is 0.243 e. The number of ether oxygens (including phenoxy) is 2. The van der Waals surface area contributed by atoms with Gasteiger partial charge >= 0.3 is 0 Å². The molecule has 0 radical (unpaired) electrons. The molecule has 2 aliphatic rings. The smallest absolute Gasteiger partial charge is 0.243 e. The zero-order valence-corrected chi connectivity index (χ0v) is 18.3. The van der Waals surface area contributed by atoms with Gasteiger partial charge in [0.15, 0.2) is 11.5 Å². The normalized spacial score (nSPS) is 17.1. The van der Waals surface area contributed by atoms with Crippen molar-refractivity contribution in [2.45, 2.75) is 11.3 Å². The standard InChI is InChI=1S/C20H20Cl2N2O5S/c21-15-2-1-14(17(22)12-15)11-20(25)23-5-7-24(8-6-23)30(26,27)16-3-4-18-19(13-16)29-10-9-28-18/h1-4,12-13H,5-11H2. The Hall–Kier alpha value is -2.00. The van der Waals surface area contributed by atoms with E-state index >= 15 is 0 Å². The summed E-state index contributed by atoms with van der Waals surface area (Å²) in [4.78, 5) is 14.4. The van der Waals surface area contributed by atoms with Crippen molar-refractivity contribution in [2.24, 2.45) is 0 Å². The van der Waals surface area contributed by atoms with Crippen LogP contribution in [-0.4, -0.2) is 62.9 Å². The molecule has 2 aromatic carbocycles. The number of benzene rings is 2. The molecular formula is C20H20Cl2N2O5S. The van der Waals surface area contributed by atoms with Gasteiger partial charge in [-0.3, -0.25) is 4.79 Å². The molecule has 4 rings (SSSR count). The Morgan fingerprint density at radius 1 is 0.933 bits per heavy atom. The third-order valence-electron chi connectivity index (χ3n) is 5.10. The van der Waals surface area contributed by atoms with Crippen molar-refractivity contribution in [1.29, 1.82) is 0 Å². The molecular weight excluding hydrogens is 451 g/mol. The highest BCUT2D eigenvalue weighted by atomic mass is 35.5. The van der Waals surface area contributed by atoms with E-state index in [2.05, 4.69) is 0 Å². The molecule has 0 N–H and O–H groups in total. The summed E-state index contributed by atoms with van der Waals surface area (Å²) < 4.78 is 38.3. The highest BCUT2D eigenvalue weighted by Crippen LogP contribution is 2.33. The number of rotatable bonds is 4. The van der Waals surface area contributed by atoms with E-state index < -0.39 is 10.0 Å². The van der Waals surface area contributed by atoms with E-state index in [1.807, 2.05) is 0 Å². The largest absolute Gasteiger partial charge is 0.486 e. The summed E-state index contributed by atoms with van der Waals surface area (Å²) in [5.41, 5.74) is 0.692. The zero-order valence-electron chi connectivity index (χ0n) is 16.0. The Morgan fingerprint density at radius 3 is 2.33 bits per heavy atom. The van der Waals surface area contributed by atoms with Crippen LogP contribution in [0.2, 0.25) is 10.0 Å². The fourth-order valence-electron chi connectivity index (χ4n) is 3.45. The second kappa shape index (κ2) is 8.63. The lowest BCUT2D eigenvalue weighted by atomic mass is 10.1. The summed E-state index contributed by atoms with van der Waals surface area (Å²) in [6.45, 7) is 1.89. The van der Waals surface area contributed by atoms with Crippen LogP contribution in [0.3, 0.4) is 0 Å². The number of amides is 1. The number of carbonyl (C=O) groups is 1. The molecule has 0 spiro atoms.